The number of rotatable bonds is 2. The Labute approximate surface area is 129 Å². The predicted octanol–water partition coefficient (Wildman–Crippen LogP) is 3.93. The number of halogens is 4. The van der Waals surface area contributed by atoms with Crippen molar-refractivity contribution in [3.63, 3.8) is 0 Å². The maximum absolute atomic E-state index is 12.4. The minimum Gasteiger partial charge on any atom is -0.347 e. The van der Waals surface area contributed by atoms with Crippen LogP contribution >= 0.6 is 15.9 Å². The Balaban J connectivity index is 2.02. The summed E-state index contributed by atoms with van der Waals surface area (Å²) < 4.78 is 37.3. The van der Waals surface area contributed by atoms with Gasteiger partial charge in [-0.3, -0.25) is 9.78 Å². The average molecular weight is 365 g/mol. The highest BCUT2D eigenvalue weighted by Crippen LogP contribution is 2.28. The van der Waals surface area contributed by atoms with E-state index >= 15 is 0 Å². The van der Waals surface area contributed by atoms with E-state index in [0.29, 0.717) is 6.20 Å². The van der Waals surface area contributed by atoms with E-state index in [1.165, 1.54) is 0 Å². The molecule has 0 radical (unpaired) electrons. The van der Waals surface area contributed by atoms with Gasteiger partial charge in [0.1, 0.15) is 5.69 Å². The zero-order chi connectivity index (χ0) is 15.5. The second-order valence-corrected chi connectivity index (χ2v) is 6.34. The van der Waals surface area contributed by atoms with Gasteiger partial charge in [-0.15, -0.1) is 0 Å². The Morgan fingerprint density at radius 1 is 1.24 bits per heavy atom. The van der Waals surface area contributed by atoms with Crippen LogP contribution in [0.2, 0.25) is 0 Å². The summed E-state index contributed by atoms with van der Waals surface area (Å²) in [6.45, 7) is 0. The molecule has 1 heterocycles. The minimum absolute atomic E-state index is 0.00643. The van der Waals surface area contributed by atoms with Crippen LogP contribution in [0.15, 0.2) is 18.3 Å². The topological polar surface area (TPSA) is 42.0 Å². The molecule has 2 rings (SSSR count). The van der Waals surface area contributed by atoms with Gasteiger partial charge in [-0.05, 0) is 25.0 Å². The predicted molar refractivity (Wildman–Crippen MR) is 76.3 cm³/mol. The van der Waals surface area contributed by atoms with Crippen molar-refractivity contribution < 1.29 is 18.0 Å². The van der Waals surface area contributed by atoms with Crippen LogP contribution in [-0.2, 0) is 6.18 Å². The Kier molecular flexibility index (Phi) is 5.24. The third kappa shape index (κ3) is 4.43. The molecule has 2 atom stereocenters. The van der Waals surface area contributed by atoms with E-state index in [1.54, 1.807) is 0 Å². The summed E-state index contributed by atoms with van der Waals surface area (Å²) in [5, 5.41) is 2.85. The first-order valence-corrected chi connectivity index (χ1v) is 7.77. The van der Waals surface area contributed by atoms with Crippen molar-refractivity contribution in [2.24, 2.45) is 0 Å². The summed E-state index contributed by atoms with van der Waals surface area (Å²) in [5.41, 5.74) is -0.848. The molecule has 0 bridgehead atoms. The van der Waals surface area contributed by atoms with Gasteiger partial charge in [0.05, 0.1) is 5.56 Å². The molecule has 1 N–H and O–H groups in total. The van der Waals surface area contributed by atoms with E-state index in [1.807, 2.05) is 0 Å². The standard InChI is InChI=1S/C14H16BrF3N2O/c15-10-4-2-1-3-5-11(10)20-13(21)12-7-6-9(8-19-12)14(16,17)18/h6-8,10-11H,1-5H2,(H,20,21). The zero-order valence-corrected chi connectivity index (χ0v) is 12.9. The van der Waals surface area contributed by atoms with Crippen LogP contribution in [0.25, 0.3) is 0 Å². The highest BCUT2D eigenvalue weighted by atomic mass is 79.9. The fourth-order valence-electron chi connectivity index (χ4n) is 2.36. The molecule has 1 aliphatic carbocycles. The fraction of sp³-hybridized carbons (Fsp3) is 0.571. The number of carbonyl (C=O) groups is 1. The van der Waals surface area contributed by atoms with Gasteiger partial charge in [0, 0.05) is 17.1 Å². The summed E-state index contributed by atoms with van der Waals surface area (Å²) in [6.07, 6.45) is 1.37. The van der Waals surface area contributed by atoms with Gasteiger partial charge in [-0.25, -0.2) is 0 Å². The molecule has 1 aromatic heterocycles. The van der Waals surface area contributed by atoms with Crippen molar-refractivity contribution in [3.8, 4) is 0 Å². The molecule has 0 saturated heterocycles. The molecule has 0 aromatic carbocycles. The molecule has 3 nitrogen and oxygen atoms in total. The third-order valence-electron chi connectivity index (χ3n) is 3.57. The molecular formula is C14H16BrF3N2O. The molecule has 1 aromatic rings. The van der Waals surface area contributed by atoms with E-state index in [4.69, 9.17) is 0 Å². The van der Waals surface area contributed by atoms with Gasteiger partial charge in [0.15, 0.2) is 0 Å². The fourth-order valence-corrected chi connectivity index (χ4v) is 3.08. The summed E-state index contributed by atoms with van der Waals surface area (Å²) in [6, 6.07) is 1.97. The zero-order valence-electron chi connectivity index (χ0n) is 11.3. The highest BCUT2D eigenvalue weighted by molar-refractivity contribution is 9.09. The SMILES string of the molecule is O=C(NC1CCCCCC1Br)c1ccc(C(F)(F)F)cn1. The van der Waals surface area contributed by atoms with Gasteiger partial charge in [0.25, 0.3) is 5.91 Å². The first kappa shape index (κ1) is 16.3. The number of alkyl halides is 4. The van der Waals surface area contributed by atoms with Crippen molar-refractivity contribution in [3.05, 3.63) is 29.6 Å². The lowest BCUT2D eigenvalue weighted by Gasteiger charge is -2.21. The Morgan fingerprint density at radius 3 is 2.57 bits per heavy atom. The molecule has 0 aliphatic heterocycles. The second-order valence-electron chi connectivity index (χ2n) is 5.16. The first-order valence-electron chi connectivity index (χ1n) is 6.86. The number of hydrogen-bond acceptors (Lipinski definition) is 2. The average Bonchev–Trinajstić information content (AvgIpc) is 2.63. The lowest BCUT2D eigenvalue weighted by atomic mass is 10.1. The van der Waals surface area contributed by atoms with E-state index in [9.17, 15) is 18.0 Å². The molecule has 1 saturated carbocycles. The van der Waals surface area contributed by atoms with Crippen LogP contribution in [0.5, 0.6) is 0 Å². The number of hydrogen-bond donors (Lipinski definition) is 1. The quantitative estimate of drug-likeness (QED) is 0.638. The number of nitrogens with one attached hydrogen (secondary N) is 1. The minimum atomic E-state index is -4.44. The van der Waals surface area contributed by atoms with E-state index in [-0.39, 0.29) is 16.6 Å². The highest BCUT2D eigenvalue weighted by Gasteiger charge is 2.31. The molecule has 2 unspecified atom stereocenters. The molecule has 1 amide bonds. The molecule has 7 heteroatoms. The largest absolute Gasteiger partial charge is 0.417 e. The van der Waals surface area contributed by atoms with Crippen LogP contribution in [0.4, 0.5) is 13.2 Å². The lowest BCUT2D eigenvalue weighted by Crippen LogP contribution is -2.40. The lowest BCUT2D eigenvalue weighted by molar-refractivity contribution is -0.137. The second kappa shape index (κ2) is 6.77. The van der Waals surface area contributed by atoms with Crippen LogP contribution < -0.4 is 5.32 Å². The van der Waals surface area contributed by atoms with E-state index < -0.39 is 17.6 Å². The van der Waals surface area contributed by atoms with Crippen LogP contribution in [0.1, 0.15) is 48.2 Å². The number of aromatic nitrogens is 1. The van der Waals surface area contributed by atoms with Crippen molar-refractivity contribution in [2.45, 2.75) is 49.1 Å². The summed E-state index contributed by atoms with van der Waals surface area (Å²) in [4.78, 5) is 15.9. The molecule has 0 spiro atoms. The summed E-state index contributed by atoms with van der Waals surface area (Å²) >= 11 is 3.56. The molecule has 1 aliphatic rings. The number of nitrogens with zero attached hydrogens (tertiary/aromatic N) is 1. The molecule has 21 heavy (non-hydrogen) atoms. The Hall–Kier alpha value is -1.11. The van der Waals surface area contributed by atoms with Crippen molar-refractivity contribution in [1.29, 1.82) is 0 Å². The van der Waals surface area contributed by atoms with Crippen molar-refractivity contribution >= 4 is 21.8 Å². The smallest absolute Gasteiger partial charge is 0.347 e. The number of carbonyl (C=O) groups excluding carboxylic acids is 1. The Bertz CT molecular complexity index is 490. The number of pyridine rings is 1. The Morgan fingerprint density at radius 2 is 1.95 bits per heavy atom. The van der Waals surface area contributed by atoms with Crippen LogP contribution in [0.3, 0.4) is 0 Å². The molecule has 116 valence electrons. The van der Waals surface area contributed by atoms with Gasteiger partial charge in [-0.2, -0.15) is 13.2 Å². The molecule has 1 fully saturated rings. The van der Waals surface area contributed by atoms with Gasteiger partial charge < -0.3 is 5.32 Å². The van der Waals surface area contributed by atoms with E-state index in [0.717, 1.165) is 44.2 Å². The van der Waals surface area contributed by atoms with Gasteiger partial charge >= 0.3 is 6.18 Å². The number of amides is 1. The normalized spacial score (nSPS) is 23.4. The maximum Gasteiger partial charge on any atom is 0.417 e. The van der Waals surface area contributed by atoms with E-state index in [2.05, 4.69) is 26.2 Å². The van der Waals surface area contributed by atoms with Crippen molar-refractivity contribution in [2.75, 3.05) is 0 Å². The van der Waals surface area contributed by atoms with Gasteiger partial charge in [-0.1, -0.05) is 35.2 Å². The third-order valence-corrected chi connectivity index (χ3v) is 4.67. The first-order chi connectivity index (χ1) is 9.88. The van der Waals surface area contributed by atoms with Crippen molar-refractivity contribution in [1.82, 2.24) is 10.3 Å². The molecular weight excluding hydrogens is 349 g/mol. The maximum atomic E-state index is 12.4. The monoisotopic (exact) mass is 364 g/mol. The van der Waals surface area contributed by atoms with Crippen LogP contribution in [0, 0.1) is 0 Å². The van der Waals surface area contributed by atoms with Gasteiger partial charge in [0.2, 0.25) is 0 Å². The summed E-state index contributed by atoms with van der Waals surface area (Å²) in [5.74, 6) is -0.430. The van der Waals surface area contributed by atoms with Crippen LogP contribution in [-0.4, -0.2) is 21.8 Å². The summed E-state index contributed by atoms with van der Waals surface area (Å²) in [7, 11) is 0.